The second-order valence-electron chi connectivity index (χ2n) is 5.86. The molecule has 1 aliphatic rings. The number of halogens is 2. The van der Waals surface area contributed by atoms with E-state index in [2.05, 4.69) is 45.2 Å². The highest BCUT2D eigenvalue weighted by atomic mass is 127. The zero-order chi connectivity index (χ0) is 17.2. The van der Waals surface area contributed by atoms with Gasteiger partial charge < -0.3 is 19.7 Å². The molecule has 0 spiro atoms. The van der Waals surface area contributed by atoms with Crippen molar-refractivity contribution in [3.63, 3.8) is 0 Å². The van der Waals surface area contributed by atoms with E-state index in [4.69, 9.17) is 14.5 Å². The molecule has 1 atom stereocenters. The number of hydrogen-bond donors (Lipinski definition) is 1. The van der Waals surface area contributed by atoms with Crippen LogP contribution in [-0.4, -0.2) is 64.0 Å². The van der Waals surface area contributed by atoms with Crippen molar-refractivity contribution in [1.29, 1.82) is 0 Å². The van der Waals surface area contributed by atoms with Gasteiger partial charge in [-0.3, -0.25) is 4.99 Å². The summed E-state index contributed by atoms with van der Waals surface area (Å²) >= 11 is 5.30. The zero-order valence-corrected chi connectivity index (χ0v) is 19.7. The molecule has 144 valence electrons. The molecule has 5 nitrogen and oxygen atoms in total. The Morgan fingerprint density at radius 2 is 2.28 bits per heavy atom. The van der Waals surface area contributed by atoms with Crippen molar-refractivity contribution in [1.82, 2.24) is 10.2 Å². The summed E-state index contributed by atoms with van der Waals surface area (Å²) in [5.74, 6) is 1.62. The van der Waals surface area contributed by atoms with Gasteiger partial charge in [0.1, 0.15) is 0 Å². The third kappa shape index (κ3) is 8.55. The summed E-state index contributed by atoms with van der Waals surface area (Å²) < 4.78 is 11.9. The number of guanidine groups is 1. The molecule has 0 aliphatic carbocycles. The van der Waals surface area contributed by atoms with E-state index in [1.165, 1.54) is 8.66 Å². The van der Waals surface area contributed by atoms with E-state index >= 15 is 0 Å². The highest BCUT2D eigenvalue weighted by Crippen LogP contribution is 2.22. The predicted octanol–water partition coefficient (Wildman–Crippen LogP) is 3.62. The summed E-state index contributed by atoms with van der Waals surface area (Å²) in [6.45, 7) is 8.06. The first-order valence-electron chi connectivity index (χ1n) is 8.57. The third-order valence-corrected chi connectivity index (χ3v) is 5.64. The molecular formula is C17H29BrIN3O2S. The topological polar surface area (TPSA) is 46.1 Å². The van der Waals surface area contributed by atoms with Crippen molar-refractivity contribution < 1.29 is 9.47 Å². The number of thiophene rings is 1. The minimum absolute atomic E-state index is 0. The van der Waals surface area contributed by atoms with Crippen LogP contribution in [0.5, 0.6) is 0 Å². The van der Waals surface area contributed by atoms with Gasteiger partial charge in [0.05, 0.1) is 23.6 Å². The van der Waals surface area contributed by atoms with Gasteiger partial charge in [-0.25, -0.2) is 0 Å². The van der Waals surface area contributed by atoms with Crippen molar-refractivity contribution >= 4 is 57.2 Å². The maximum Gasteiger partial charge on any atom is 0.193 e. The van der Waals surface area contributed by atoms with Gasteiger partial charge in [-0.05, 0) is 41.4 Å². The summed E-state index contributed by atoms with van der Waals surface area (Å²) in [7, 11) is 1.70. The van der Waals surface area contributed by atoms with Crippen molar-refractivity contribution in [2.75, 3.05) is 53.1 Å². The highest BCUT2D eigenvalue weighted by Gasteiger charge is 2.24. The number of aliphatic imine (C=N–C) groups is 1. The van der Waals surface area contributed by atoms with Crippen LogP contribution in [0.25, 0.3) is 0 Å². The molecule has 0 aromatic carbocycles. The average molecular weight is 546 g/mol. The number of nitrogens with one attached hydrogen (secondary N) is 1. The minimum Gasteiger partial charge on any atom is -0.382 e. The van der Waals surface area contributed by atoms with Crippen LogP contribution in [0.15, 0.2) is 20.9 Å². The number of methoxy groups -OCH3 is 1. The maximum atomic E-state index is 5.67. The van der Waals surface area contributed by atoms with Gasteiger partial charge in [0.25, 0.3) is 0 Å². The second kappa shape index (κ2) is 13.3. The molecule has 1 N–H and O–H groups in total. The SMILES string of the molecule is CCNC(=NCCc1ccc(Br)s1)N1CCC(COCCOC)C1.I. The van der Waals surface area contributed by atoms with Crippen LogP contribution in [0.1, 0.15) is 18.2 Å². The first kappa shape index (κ1) is 23.1. The summed E-state index contributed by atoms with van der Waals surface area (Å²) in [5, 5.41) is 3.42. The van der Waals surface area contributed by atoms with E-state index in [1.54, 1.807) is 18.4 Å². The van der Waals surface area contributed by atoms with E-state index in [0.717, 1.165) is 51.6 Å². The number of ether oxygens (including phenoxy) is 2. The van der Waals surface area contributed by atoms with Crippen molar-refractivity contribution in [2.45, 2.75) is 19.8 Å². The molecule has 1 unspecified atom stereocenters. The van der Waals surface area contributed by atoms with Crippen molar-refractivity contribution in [2.24, 2.45) is 10.9 Å². The van der Waals surface area contributed by atoms with Crippen LogP contribution in [0.4, 0.5) is 0 Å². The van der Waals surface area contributed by atoms with Gasteiger partial charge in [0.15, 0.2) is 5.96 Å². The Labute approximate surface area is 180 Å². The second-order valence-corrected chi connectivity index (χ2v) is 8.41. The lowest BCUT2D eigenvalue weighted by Gasteiger charge is -2.21. The molecule has 2 heterocycles. The summed E-state index contributed by atoms with van der Waals surface area (Å²) in [6, 6.07) is 4.27. The van der Waals surface area contributed by atoms with Gasteiger partial charge in [-0.2, -0.15) is 0 Å². The normalized spacial score (nSPS) is 17.6. The molecule has 0 amide bonds. The number of rotatable bonds is 9. The molecule has 25 heavy (non-hydrogen) atoms. The highest BCUT2D eigenvalue weighted by molar-refractivity contribution is 14.0. The Morgan fingerprint density at radius 3 is 2.96 bits per heavy atom. The molecule has 1 aromatic heterocycles. The van der Waals surface area contributed by atoms with Gasteiger partial charge >= 0.3 is 0 Å². The smallest absolute Gasteiger partial charge is 0.193 e. The standard InChI is InChI=1S/C17H28BrN3O2S.HI/c1-3-19-17(20-8-6-15-4-5-16(18)24-15)21-9-7-14(12-21)13-23-11-10-22-2;/h4-5,14H,3,6-13H2,1-2H3,(H,19,20);1H. The number of nitrogens with zero attached hydrogens (tertiary/aromatic N) is 2. The summed E-state index contributed by atoms with van der Waals surface area (Å²) in [5.41, 5.74) is 0. The lowest BCUT2D eigenvalue weighted by molar-refractivity contribution is 0.0536. The number of likely N-dealkylation sites (tertiary alicyclic amines) is 1. The Bertz CT molecular complexity index is 516. The molecule has 0 saturated carbocycles. The van der Waals surface area contributed by atoms with E-state index in [1.807, 2.05) is 0 Å². The van der Waals surface area contributed by atoms with Crippen molar-refractivity contribution in [3.05, 3.63) is 20.8 Å². The van der Waals surface area contributed by atoms with Crippen LogP contribution in [0, 0.1) is 5.92 Å². The zero-order valence-electron chi connectivity index (χ0n) is 15.0. The maximum absolute atomic E-state index is 5.67. The Morgan fingerprint density at radius 1 is 1.44 bits per heavy atom. The predicted molar refractivity (Wildman–Crippen MR) is 119 cm³/mol. The Balaban J connectivity index is 0.00000312. The fourth-order valence-electron chi connectivity index (χ4n) is 2.74. The van der Waals surface area contributed by atoms with Crippen LogP contribution in [0.3, 0.4) is 0 Å². The largest absolute Gasteiger partial charge is 0.382 e. The minimum atomic E-state index is 0. The van der Waals surface area contributed by atoms with E-state index in [-0.39, 0.29) is 24.0 Å². The van der Waals surface area contributed by atoms with Crippen LogP contribution < -0.4 is 5.32 Å². The molecule has 0 bridgehead atoms. The molecule has 1 saturated heterocycles. The molecule has 1 aliphatic heterocycles. The molecule has 1 fully saturated rings. The Kier molecular flexibility index (Phi) is 12.3. The summed E-state index contributed by atoms with van der Waals surface area (Å²) in [6.07, 6.45) is 2.15. The van der Waals surface area contributed by atoms with Crippen LogP contribution >= 0.6 is 51.2 Å². The summed E-state index contributed by atoms with van der Waals surface area (Å²) in [4.78, 5) is 8.53. The Hall–Kier alpha value is 0.1000. The number of hydrogen-bond acceptors (Lipinski definition) is 4. The van der Waals surface area contributed by atoms with Crippen LogP contribution in [0.2, 0.25) is 0 Å². The average Bonchev–Trinajstić information content (AvgIpc) is 3.20. The third-order valence-electron chi connectivity index (χ3n) is 3.95. The quantitative estimate of drug-likeness (QED) is 0.223. The van der Waals surface area contributed by atoms with Gasteiger partial charge in [-0.1, -0.05) is 0 Å². The fourth-order valence-corrected chi connectivity index (χ4v) is 4.21. The van der Waals surface area contributed by atoms with E-state index in [0.29, 0.717) is 19.1 Å². The van der Waals surface area contributed by atoms with E-state index in [9.17, 15) is 0 Å². The van der Waals surface area contributed by atoms with Crippen molar-refractivity contribution in [3.8, 4) is 0 Å². The van der Waals surface area contributed by atoms with Crippen LogP contribution in [-0.2, 0) is 15.9 Å². The first-order chi connectivity index (χ1) is 11.7. The fraction of sp³-hybridized carbons (Fsp3) is 0.706. The van der Waals surface area contributed by atoms with Gasteiger partial charge in [0, 0.05) is 50.5 Å². The lowest BCUT2D eigenvalue weighted by atomic mass is 10.1. The molecule has 0 radical (unpaired) electrons. The first-order valence-corrected chi connectivity index (χ1v) is 10.2. The van der Waals surface area contributed by atoms with E-state index < -0.39 is 0 Å². The van der Waals surface area contributed by atoms with Gasteiger partial charge in [-0.15, -0.1) is 35.3 Å². The monoisotopic (exact) mass is 545 g/mol. The molecule has 2 rings (SSSR count). The van der Waals surface area contributed by atoms with Gasteiger partial charge in [0.2, 0.25) is 0 Å². The molecular weight excluding hydrogens is 517 g/mol. The lowest BCUT2D eigenvalue weighted by Crippen LogP contribution is -2.40. The molecule has 1 aromatic rings. The molecule has 8 heteroatoms.